The Bertz CT molecular complexity index is 646. The molecule has 0 aliphatic heterocycles. The van der Waals surface area contributed by atoms with Crippen LogP contribution in [0.2, 0.25) is 0 Å². The fourth-order valence-electron chi connectivity index (χ4n) is 3.00. The lowest BCUT2D eigenvalue weighted by Crippen LogP contribution is -2.41. The number of amides is 2. The second-order valence-electron chi connectivity index (χ2n) is 7.62. The summed E-state index contributed by atoms with van der Waals surface area (Å²) >= 11 is 0. The van der Waals surface area contributed by atoms with Gasteiger partial charge in [0, 0.05) is 11.6 Å². The summed E-state index contributed by atoms with van der Waals surface area (Å²) < 4.78 is 0. The lowest BCUT2D eigenvalue weighted by atomic mass is 9.87. The van der Waals surface area contributed by atoms with Crippen LogP contribution in [0.25, 0.3) is 0 Å². The molecule has 6 nitrogen and oxygen atoms in total. The van der Waals surface area contributed by atoms with Gasteiger partial charge in [0.05, 0.1) is 12.5 Å². The zero-order valence-corrected chi connectivity index (χ0v) is 15.0. The van der Waals surface area contributed by atoms with Crippen molar-refractivity contribution in [3.05, 3.63) is 35.4 Å². The minimum Gasteiger partial charge on any atom is -0.481 e. The van der Waals surface area contributed by atoms with Gasteiger partial charge in [0.1, 0.15) is 0 Å². The van der Waals surface area contributed by atoms with Gasteiger partial charge in [-0.25, -0.2) is 0 Å². The highest BCUT2D eigenvalue weighted by Crippen LogP contribution is 2.25. The Balaban J connectivity index is 1.80. The summed E-state index contributed by atoms with van der Waals surface area (Å²) in [5.74, 6) is -1.80. The molecular weight excluding hydrogens is 320 g/mol. The Morgan fingerprint density at radius 3 is 2.28 bits per heavy atom. The highest BCUT2D eigenvalue weighted by Gasteiger charge is 2.30. The molecule has 25 heavy (non-hydrogen) atoms. The first-order chi connectivity index (χ1) is 11.7. The minimum absolute atomic E-state index is 0.0178. The molecule has 2 atom stereocenters. The number of carboxylic acids is 1. The van der Waals surface area contributed by atoms with Gasteiger partial charge in [-0.3, -0.25) is 14.4 Å². The van der Waals surface area contributed by atoms with E-state index >= 15 is 0 Å². The van der Waals surface area contributed by atoms with Crippen molar-refractivity contribution in [1.82, 2.24) is 10.6 Å². The van der Waals surface area contributed by atoms with Gasteiger partial charge in [-0.2, -0.15) is 0 Å². The molecule has 1 saturated carbocycles. The van der Waals surface area contributed by atoms with Gasteiger partial charge in [-0.1, -0.05) is 32.9 Å². The number of hydrogen-bond donors (Lipinski definition) is 3. The highest BCUT2D eigenvalue weighted by molar-refractivity contribution is 5.96. The second kappa shape index (κ2) is 7.68. The van der Waals surface area contributed by atoms with Crippen molar-refractivity contribution in [2.45, 2.75) is 51.5 Å². The normalized spacial score (nSPS) is 20.1. The van der Waals surface area contributed by atoms with Crippen molar-refractivity contribution in [3.63, 3.8) is 0 Å². The van der Waals surface area contributed by atoms with E-state index in [1.54, 1.807) is 12.1 Å². The molecule has 0 unspecified atom stereocenters. The van der Waals surface area contributed by atoms with Crippen LogP contribution in [0.1, 0.15) is 56.0 Å². The van der Waals surface area contributed by atoms with E-state index in [2.05, 4.69) is 31.4 Å². The number of carbonyl (C=O) groups excluding carboxylic acids is 2. The molecule has 1 aliphatic rings. The van der Waals surface area contributed by atoms with Crippen LogP contribution in [-0.2, 0) is 15.0 Å². The quantitative estimate of drug-likeness (QED) is 0.761. The van der Waals surface area contributed by atoms with Gasteiger partial charge < -0.3 is 15.7 Å². The van der Waals surface area contributed by atoms with Crippen molar-refractivity contribution >= 4 is 17.8 Å². The fourth-order valence-corrected chi connectivity index (χ4v) is 3.00. The zero-order valence-electron chi connectivity index (χ0n) is 15.0. The number of hydrogen-bond acceptors (Lipinski definition) is 3. The molecule has 0 aromatic heterocycles. The molecular formula is C19H26N2O4. The van der Waals surface area contributed by atoms with Gasteiger partial charge >= 0.3 is 5.97 Å². The number of aliphatic carboxylic acids is 1. The second-order valence-corrected chi connectivity index (χ2v) is 7.62. The minimum atomic E-state index is -0.816. The summed E-state index contributed by atoms with van der Waals surface area (Å²) in [5.41, 5.74) is 1.66. The largest absolute Gasteiger partial charge is 0.481 e. The average Bonchev–Trinajstić information content (AvgIpc) is 3.00. The summed E-state index contributed by atoms with van der Waals surface area (Å²) in [6.45, 7) is 6.19. The topological polar surface area (TPSA) is 95.5 Å². The van der Waals surface area contributed by atoms with Crippen molar-refractivity contribution in [3.8, 4) is 0 Å². The maximum Gasteiger partial charge on any atom is 0.306 e. The standard InChI is InChI=1S/C19H26N2O4/c1-19(2,3)14-7-4-12(5-8-14)17(23)20-11-16(22)21-15-9-6-13(10-15)18(24)25/h4-5,7-8,13,15H,6,9-11H2,1-3H3,(H,20,23)(H,21,22)(H,24,25)/t13-,15+/m0/s1. The average molecular weight is 346 g/mol. The summed E-state index contributed by atoms with van der Waals surface area (Å²) in [4.78, 5) is 35.0. The van der Waals surface area contributed by atoms with Crippen LogP contribution in [0.3, 0.4) is 0 Å². The lowest BCUT2D eigenvalue weighted by molar-refractivity contribution is -0.141. The number of carboxylic acid groups (broad SMARTS) is 1. The van der Waals surface area contributed by atoms with Crippen LogP contribution in [0, 0.1) is 5.92 Å². The van der Waals surface area contributed by atoms with E-state index in [1.165, 1.54) is 0 Å². The summed E-state index contributed by atoms with van der Waals surface area (Å²) in [6, 6.07) is 7.21. The molecule has 1 aromatic rings. The summed E-state index contributed by atoms with van der Waals surface area (Å²) in [7, 11) is 0. The van der Waals surface area contributed by atoms with Crippen molar-refractivity contribution in [1.29, 1.82) is 0 Å². The predicted octanol–water partition coefficient (Wildman–Crippen LogP) is 2.08. The number of carbonyl (C=O) groups is 3. The maximum atomic E-state index is 12.1. The third-order valence-electron chi connectivity index (χ3n) is 4.57. The highest BCUT2D eigenvalue weighted by atomic mass is 16.4. The van der Waals surface area contributed by atoms with Crippen molar-refractivity contribution in [2.24, 2.45) is 5.92 Å². The molecule has 2 amide bonds. The Morgan fingerprint density at radius 2 is 1.76 bits per heavy atom. The first-order valence-corrected chi connectivity index (χ1v) is 8.57. The molecule has 6 heteroatoms. The Hall–Kier alpha value is -2.37. The Morgan fingerprint density at radius 1 is 1.12 bits per heavy atom. The van der Waals surface area contributed by atoms with Gasteiger partial charge in [-0.05, 0) is 42.4 Å². The molecule has 1 aromatic carbocycles. The zero-order chi connectivity index (χ0) is 18.6. The number of nitrogens with one attached hydrogen (secondary N) is 2. The molecule has 1 fully saturated rings. The fraction of sp³-hybridized carbons (Fsp3) is 0.526. The van der Waals surface area contributed by atoms with Crippen LogP contribution in [0.4, 0.5) is 0 Å². The smallest absolute Gasteiger partial charge is 0.306 e. The molecule has 1 aliphatic carbocycles. The van der Waals surface area contributed by atoms with E-state index < -0.39 is 5.97 Å². The van der Waals surface area contributed by atoms with E-state index in [-0.39, 0.29) is 35.7 Å². The van der Waals surface area contributed by atoms with E-state index in [4.69, 9.17) is 5.11 Å². The summed E-state index contributed by atoms with van der Waals surface area (Å²) in [6.07, 6.45) is 1.68. The Kier molecular flexibility index (Phi) is 5.82. The molecule has 0 spiro atoms. The molecule has 136 valence electrons. The lowest BCUT2D eigenvalue weighted by Gasteiger charge is -2.19. The molecule has 3 N–H and O–H groups in total. The summed E-state index contributed by atoms with van der Waals surface area (Å²) in [5, 5.41) is 14.3. The van der Waals surface area contributed by atoms with E-state index in [0.717, 1.165) is 5.56 Å². The first kappa shape index (κ1) is 19.0. The third kappa shape index (κ3) is 5.31. The Labute approximate surface area is 148 Å². The van der Waals surface area contributed by atoms with Crippen LogP contribution < -0.4 is 10.6 Å². The molecule has 0 heterocycles. The SMILES string of the molecule is CC(C)(C)c1ccc(C(=O)NCC(=O)N[C@@H]2CC[C@H](C(=O)O)C2)cc1. The molecule has 0 radical (unpaired) electrons. The monoisotopic (exact) mass is 346 g/mol. The van der Waals surface area contributed by atoms with E-state index in [0.29, 0.717) is 24.8 Å². The first-order valence-electron chi connectivity index (χ1n) is 8.57. The van der Waals surface area contributed by atoms with E-state index in [1.807, 2.05) is 12.1 Å². The van der Waals surface area contributed by atoms with Gasteiger partial charge in [-0.15, -0.1) is 0 Å². The van der Waals surface area contributed by atoms with Crippen LogP contribution in [0.15, 0.2) is 24.3 Å². The van der Waals surface area contributed by atoms with Crippen molar-refractivity contribution < 1.29 is 19.5 Å². The van der Waals surface area contributed by atoms with Gasteiger partial charge in [0.25, 0.3) is 5.91 Å². The van der Waals surface area contributed by atoms with Crippen LogP contribution in [0.5, 0.6) is 0 Å². The number of benzene rings is 1. The van der Waals surface area contributed by atoms with Crippen LogP contribution >= 0.6 is 0 Å². The predicted molar refractivity (Wildman–Crippen MR) is 94.4 cm³/mol. The molecule has 2 rings (SSSR count). The number of rotatable bonds is 5. The van der Waals surface area contributed by atoms with Crippen molar-refractivity contribution in [2.75, 3.05) is 6.54 Å². The third-order valence-corrected chi connectivity index (χ3v) is 4.57. The molecule has 0 bridgehead atoms. The van der Waals surface area contributed by atoms with Gasteiger partial charge in [0.2, 0.25) is 5.91 Å². The maximum absolute atomic E-state index is 12.1. The van der Waals surface area contributed by atoms with Crippen LogP contribution in [-0.4, -0.2) is 35.5 Å². The van der Waals surface area contributed by atoms with E-state index in [9.17, 15) is 14.4 Å². The molecule has 0 saturated heterocycles. The van der Waals surface area contributed by atoms with Gasteiger partial charge in [0.15, 0.2) is 0 Å².